The van der Waals surface area contributed by atoms with Gasteiger partial charge in [0.25, 0.3) is 11.5 Å². The molecule has 0 saturated heterocycles. The van der Waals surface area contributed by atoms with E-state index in [4.69, 9.17) is 5.73 Å². The highest BCUT2D eigenvalue weighted by Crippen LogP contribution is 2.10. The second-order valence-electron chi connectivity index (χ2n) is 2.75. The van der Waals surface area contributed by atoms with Gasteiger partial charge in [-0.1, -0.05) is 0 Å². The highest BCUT2D eigenvalue weighted by Gasteiger charge is 2.07. The highest BCUT2D eigenvalue weighted by molar-refractivity contribution is 5.93. The van der Waals surface area contributed by atoms with Crippen LogP contribution in [0.25, 0.3) is 0 Å². The van der Waals surface area contributed by atoms with Crippen molar-refractivity contribution in [1.82, 2.24) is 0 Å². The largest absolute Gasteiger partial charge is 0.287 e. The summed E-state index contributed by atoms with van der Waals surface area (Å²) in [5.74, 6) is 0.530. The van der Waals surface area contributed by atoms with Crippen molar-refractivity contribution >= 4 is 11.5 Å². The Bertz CT molecular complexity index is 357. The van der Waals surface area contributed by atoms with Crippen LogP contribution in [-0.4, -0.2) is 17.3 Å². The zero-order valence-electron chi connectivity index (χ0n) is 7.86. The normalized spacial score (nSPS) is 11.4. The van der Waals surface area contributed by atoms with Gasteiger partial charge in [0, 0.05) is 12.1 Å². The molecule has 0 heterocycles. The van der Waals surface area contributed by atoms with Crippen LogP contribution in [0.4, 0.5) is 5.69 Å². The predicted molar refractivity (Wildman–Crippen MR) is 52.9 cm³/mol. The number of hydrogen-bond acceptors (Lipinski definition) is 2. The molecule has 0 bridgehead atoms. The molecule has 0 unspecified atom stereocenters. The lowest BCUT2D eigenvalue weighted by atomic mass is 10.2. The van der Waals surface area contributed by atoms with E-state index < -0.39 is 4.92 Å². The first-order chi connectivity index (χ1) is 6.65. The van der Waals surface area contributed by atoms with Crippen LogP contribution in [0.1, 0.15) is 12.5 Å². The van der Waals surface area contributed by atoms with Crippen LogP contribution in [0.2, 0.25) is 0 Å². The topological polar surface area (TPSA) is 83.1 Å². The maximum Gasteiger partial charge on any atom is 0.272 e. The van der Waals surface area contributed by atoms with Crippen molar-refractivity contribution < 1.29 is 9.92 Å². The van der Waals surface area contributed by atoms with Crippen molar-refractivity contribution in [2.24, 2.45) is 5.73 Å². The number of rotatable bonds is 3. The average Bonchev–Trinajstić information content (AvgIpc) is 2.18. The monoisotopic (exact) mass is 194 g/mol. The molecule has 1 aromatic rings. The summed E-state index contributed by atoms with van der Waals surface area (Å²) in [5, 5.41) is 10.4. The molecule has 74 valence electrons. The molecular formula is C9H12N3O2+. The van der Waals surface area contributed by atoms with E-state index in [1.807, 2.05) is 6.92 Å². The molecule has 3 N–H and O–H groups in total. The molecule has 0 saturated carbocycles. The quantitative estimate of drug-likeness (QED) is 0.292. The zero-order valence-corrected chi connectivity index (χ0v) is 7.86. The van der Waals surface area contributed by atoms with Crippen molar-refractivity contribution in [2.75, 3.05) is 6.54 Å². The predicted octanol–water partition coefficient (Wildman–Crippen LogP) is -0.599. The number of nitrogen functional groups attached to an aromatic ring is 1. The van der Waals surface area contributed by atoms with Crippen LogP contribution in [-0.2, 0) is 0 Å². The third-order valence-corrected chi connectivity index (χ3v) is 1.76. The molecule has 0 atom stereocenters. The van der Waals surface area contributed by atoms with Gasteiger partial charge in [-0.15, -0.1) is 0 Å². The van der Waals surface area contributed by atoms with Crippen LogP contribution in [0.3, 0.4) is 0 Å². The van der Waals surface area contributed by atoms with Gasteiger partial charge >= 0.3 is 0 Å². The number of non-ortho nitro benzene ring substituents is 1. The van der Waals surface area contributed by atoms with Crippen LogP contribution in [0, 0.1) is 10.1 Å². The average molecular weight is 194 g/mol. The Balaban J connectivity index is 2.94. The lowest BCUT2D eigenvalue weighted by Gasteiger charge is -1.94. The summed E-state index contributed by atoms with van der Waals surface area (Å²) in [6.07, 6.45) is 0. The first-order valence-electron chi connectivity index (χ1n) is 4.26. The van der Waals surface area contributed by atoms with Gasteiger partial charge < -0.3 is 0 Å². The Morgan fingerprint density at radius 3 is 2.50 bits per heavy atom. The van der Waals surface area contributed by atoms with Gasteiger partial charge in [-0.25, -0.2) is 0 Å². The van der Waals surface area contributed by atoms with E-state index in [-0.39, 0.29) is 5.69 Å². The molecule has 14 heavy (non-hydrogen) atoms. The van der Waals surface area contributed by atoms with Crippen molar-refractivity contribution in [3.63, 3.8) is 0 Å². The van der Waals surface area contributed by atoms with Gasteiger partial charge in [-0.3, -0.25) is 20.8 Å². The summed E-state index contributed by atoms with van der Waals surface area (Å²) in [4.78, 5) is 12.9. The minimum Gasteiger partial charge on any atom is -0.287 e. The summed E-state index contributed by atoms with van der Waals surface area (Å²) in [5.41, 5.74) is 6.50. The van der Waals surface area contributed by atoms with E-state index in [1.165, 1.54) is 12.1 Å². The Kier molecular flexibility index (Phi) is 3.17. The zero-order chi connectivity index (χ0) is 10.6. The van der Waals surface area contributed by atoms with Crippen LogP contribution >= 0.6 is 0 Å². The van der Waals surface area contributed by atoms with E-state index in [9.17, 15) is 10.1 Å². The summed E-state index contributed by atoms with van der Waals surface area (Å²) in [7, 11) is 0. The van der Waals surface area contributed by atoms with E-state index in [0.29, 0.717) is 5.84 Å². The number of amidine groups is 1. The number of benzene rings is 1. The SMILES string of the molecule is CC[NH+]=C(N)c1ccc([N+](=O)[O-])cc1. The van der Waals surface area contributed by atoms with Gasteiger partial charge in [0.1, 0.15) is 0 Å². The molecule has 0 aliphatic heterocycles. The Labute approximate surface area is 81.4 Å². The second-order valence-corrected chi connectivity index (χ2v) is 2.75. The van der Waals surface area contributed by atoms with Gasteiger partial charge in [0.2, 0.25) is 0 Å². The summed E-state index contributed by atoms with van der Waals surface area (Å²) < 4.78 is 0. The second kappa shape index (κ2) is 4.36. The number of hydrogen-bond donors (Lipinski definition) is 2. The molecule has 5 nitrogen and oxygen atoms in total. The molecule has 0 amide bonds. The number of nitro groups is 1. The minimum absolute atomic E-state index is 0.0676. The molecule has 5 heteroatoms. The van der Waals surface area contributed by atoms with E-state index >= 15 is 0 Å². The van der Waals surface area contributed by atoms with Crippen molar-refractivity contribution in [2.45, 2.75) is 6.92 Å². The summed E-state index contributed by atoms with van der Waals surface area (Å²) in [6, 6.07) is 6.10. The maximum absolute atomic E-state index is 10.4. The van der Waals surface area contributed by atoms with E-state index in [0.717, 1.165) is 12.1 Å². The maximum atomic E-state index is 10.4. The van der Waals surface area contributed by atoms with Gasteiger partial charge in [0.15, 0.2) is 0 Å². The fraction of sp³-hybridized carbons (Fsp3) is 0.222. The molecular weight excluding hydrogens is 182 g/mol. The lowest BCUT2D eigenvalue weighted by Crippen LogP contribution is -2.75. The summed E-state index contributed by atoms with van der Waals surface area (Å²) in [6.45, 7) is 2.65. The van der Waals surface area contributed by atoms with Gasteiger partial charge in [-0.05, 0) is 19.1 Å². The smallest absolute Gasteiger partial charge is 0.272 e. The van der Waals surface area contributed by atoms with Crippen molar-refractivity contribution in [3.05, 3.63) is 39.9 Å². The molecule has 0 radical (unpaired) electrons. The van der Waals surface area contributed by atoms with Crippen molar-refractivity contribution in [1.29, 1.82) is 0 Å². The first-order valence-corrected chi connectivity index (χ1v) is 4.26. The third-order valence-electron chi connectivity index (χ3n) is 1.76. The van der Waals surface area contributed by atoms with Crippen LogP contribution in [0.5, 0.6) is 0 Å². The lowest BCUT2D eigenvalue weighted by molar-refractivity contribution is -0.452. The molecule has 1 aromatic carbocycles. The fourth-order valence-electron chi connectivity index (χ4n) is 1.06. The molecule has 0 aliphatic rings. The highest BCUT2D eigenvalue weighted by atomic mass is 16.6. The Morgan fingerprint density at radius 1 is 1.50 bits per heavy atom. The number of nitrogens with zero attached hydrogens (tertiary/aromatic N) is 1. The molecule has 0 spiro atoms. The van der Waals surface area contributed by atoms with Crippen LogP contribution < -0.4 is 10.7 Å². The molecule has 0 aromatic heterocycles. The number of nitro benzene ring substituents is 1. The third kappa shape index (κ3) is 2.29. The number of nitrogens with one attached hydrogen (secondary N) is 1. The fourth-order valence-corrected chi connectivity index (χ4v) is 1.06. The van der Waals surface area contributed by atoms with Gasteiger partial charge in [0.05, 0.1) is 17.0 Å². The number of nitrogens with two attached hydrogens (primary N) is 1. The van der Waals surface area contributed by atoms with E-state index in [2.05, 4.69) is 4.99 Å². The Hall–Kier alpha value is -1.91. The Morgan fingerprint density at radius 2 is 2.07 bits per heavy atom. The van der Waals surface area contributed by atoms with Gasteiger partial charge in [-0.2, -0.15) is 0 Å². The minimum atomic E-state index is -0.437. The van der Waals surface area contributed by atoms with E-state index in [1.54, 1.807) is 12.1 Å². The summed E-state index contributed by atoms with van der Waals surface area (Å²) >= 11 is 0. The standard InChI is InChI=1S/C9H11N3O2/c1-2-11-9(10)7-3-5-8(6-4-7)12(13)14/h3-6H,2H2,1H3,(H2,10,11)/p+1. The van der Waals surface area contributed by atoms with Crippen LogP contribution in [0.15, 0.2) is 24.3 Å². The molecule has 0 aliphatic carbocycles. The first kappa shape index (κ1) is 10.2. The van der Waals surface area contributed by atoms with Crippen molar-refractivity contribution in [3.8, 4) is 0 Å². The molecule has 1 rings (SSSR count). The molecule has 0 fully saturated rings.